The minimum absolute atomic E-state index is 0.107. The highest BCUT2D eigenvalue weighted by Gasteiger charge is 2.38. The van der Waals surface area contributed by atoms with Crippen LogP contribution in [0.5, 0.6) is 0 Å². The number of hydrogen-bond acceptors (Lipinski definition) is 2. The maximum absolute atomic E-state index is 10.4. The average molecular weight is 278 g/mol. The molecule has 20 heavy (non-hydrogen) atoms. The fraction of sp³-hybridized carbons (Fsp3) is 0.824. The number of aromatic nitrogens is 2. The van der Waals surface area contributed by atoms with Crippen LogP contribution in [0.15, 0.2) is 12.3 Å². The number of aliphatic hydroxyl groups excluding tert-OH is 1. The van der Waals surface area contributed by atoms with Gasteiger partial charge in [-0.15, -0.1) is 0 Å². The van der Waals surface area contributed by atoms with E-state index in [1.807, 2.05) is 4.68 Å². The summed E-state index contributed by atoms with van der Waals surface area (Å²) in [6, 6.07) is 2.53. The van der Waals surface area contributed by atoms with Crippen LogP contribution in [0.4, 0.5) is 0 Å². The van der Waals surface area contributed by atoms with E-state index in [1.54, 1.807) is 0 Å². The van der Waals surface area contributed by atoms with Crippen LogP contribution in [-0.2, 0) is 6.42 Å². The van der Waals surface area contributed by atoms with Crippen LogP contribution in [0, 0.1) is 17.3 Å². The Morgan fingerprint density at radius 3 is 2.65 bits per heavy atom. The average Bonchev–Trinajstić information content (AvgIpc) is 2.76. The van der Waals surface area contributed by atoms with Crippen LogP contribution in [0.25, 0.3) is 0 Å². The monoisotopic (exact) mass is 278 g/mol. The zero-order valence-electron chi connectivity index (χ0n) is 13.6. The zero-order valence-corrected chi connectivity index (χ0v) is 13.6. The first-order valence-electron chi connectivity index (χ1n) is 8.01. The van der Waals surface area contributed by atoms with Gasteiger partial charge >= 0.3 is 0 Å². The third-order valence-corrected chi connectivity index (χ3v) is 4.91. The van der Waals surface area contributed by atoms with Crippen molar-refractivity contribution in [3.05, 3.63) is 18.0 Å². The topological polar surface area (TPSA) is 38.0 Å². The summed E-state index contributed by atoms with van der Waals surface area (Å²) >= 11 is 0. The molecular weight excluding hydrogens is 248 g/mol. The van der Waals surface area contributed by atoms with Crippen molar-refractivity contribution in [1.29, 1.82) is 0 Å². The van der Waals surface area contributed by atoms with Gasteiger partial charge in [-0.3, -0.25) is 4.68 Å². The molecule has 3 atom stereocenters. The molecular formula is C17H30N2O. The molecule has 1 heterocycles. The molecule has 0 aliphatic heterocycles. The van der Waals surface area contributed by atoms with Crippen molar-refractivity contribution in [2.75, 3.05) is 0 Å². The molecule has 0 amide bonds. The molecule has 3 unspecified atom stereocenters. The van der Waals surface area contributed by atoms with Crippen LogP contribution in [-0.4, -0.2) is 21.0 Å². The van der Waals surface area contributed by atoms with Gasteiger partial charge in [-0.1, -0.05) is 27.2 Å². The normalized spacial score (nSPS) is 28.1. The largest absolute Gasteiger partial charge is 0.393 e. The highest BCUT2D eigenvalue weighted by atomic mass is 16.3. The summed E-state index contributed by atoms with van der Waals surface area (Å²) in [6.07, 6.45) is 6.19. The molecule has 2 rings (SSSR count). The highest BCUT2D eigenvalue weighted by Crippen LogP contribution is 2.42. The number of aliphatic hydroxyl groups is 1. The SMILES string of the molecule is CC1CCC(C(C)(C)Cc2ccn(C(C)C)n2)C(O)C1. The molecule has 1 saturated carbocycles. The molecule has 0 bridgehead atoms. The van der Waals surface area contributed by atoms with E-state index in [0.29, 0.717) is 17.9 Å². The standard InChI is InChI=1S/C17H30N2O/c1-12(2)19-9-8-14(18-19)11-17(4,5)15-7-6-13(3)10-16(15)20/h8-9,12-13,15-16,20H,6-7,10-11H2,1-5H3. The van der Waals surface area contributed by atoms with Gasteiger partial charge in [0.2, 0.25) is 0 Å². The molecule has 3 heteroatoms. The Morgan fingerprint density at radius 2 is 2.10 bits per heavy atom. The minimum atomic E-state index is -0.152. The van der Waals surface area contributed by atoms with E-state index in [9.17, 15) is 5.11 Å². The fourth-order valence-electron chi connectivity index (χ4n) is 3.62. The van der Waals surface area contributed by atoms with Gasteiger partial charge in [0.15, 0.2) is 0 Å². The van der Waals surface area contributed by atoms with E-state index in [2.05, 4.69) is 52.0 Å². The first-order valence-corrected chi connectivity index (χ1v) is 8.01. The highest BCUT2D eigenvalue weighted by molar-refractivity contribution is 5.04. The van der Waals surface area contributed by atoms with Gasteiger partial charge in [0.05, 0.1) is 11.8 Å². The van der Waals surface area contributed by atoms with Gasteiger partial charge < -0.3 is 5.11 Å². The molecule has 114 valence electrons. The smallest absolute Gasteiger partial charge is 0.0630 e. The summed E-state index contributed by atoms with van der Waals surface area (Å²) in [4.78, 5) is 0. The second kappa shape index (κ2) is 5.88. The predicted octanol–water partition coefficient (Wildman–Crippen LogP) is 3.83. The molecule has 0 aromatic carbocycles. The Morgan fingerprint density at radius 1 is 1.40 bits per heavy atom. The zero-order chi connectivity index (χ0) is 14.9. The van der Waals surface area contributed by atoms with Crippen molar-refractivity contribution >= 4 is 0 Å². The maximum Gasteiger partial charge on any atom is 0.0630 e. The molecule has 1 fully saturated rings. The first kappa shape index (κ1) is 15.6. The minimum Gasteiger partial charge on any atom is -0.393 e. The molecule has 0 radical (unpaired) electrons. The molecule has 0 spiro atoms. The summed E-state index contributed by atoms with van der Waals surface area (Å²) in [5.41, 5.74) is 1.25. The van der Waals surface area contributed by atoms with Gasteiger partial charge in [-0.05, 0) is 56.4 Å². The van der Waals surface area contributed by atoms with Crippen molar-refractivity contribution in [3.8, 4) is 0 Å². The molecule has 1 aromatic heterocycles. The van der Waals surface area contributed by atoms with E-state index in [0.717, 1.165) is 25.0 Å². The Labute approximate surface area is 123 Å². The van der Waals surface area contributed by atoms with E-state index < -0.39 is 0 Å². The third kappa shape index (κ3) is 3.43. The Bertz CT molecular complexity index is 436. The van der Waals surface area contributed by atoms with Crippen molar-refractivity contribution in [1.82, 2.24) is 9.78 Å². The summed E-state index contributed by atoms with van der Waals surface area (Å²) in [5, 5.41) is 15.1. The Balaban J connectivity index is 2.05. The number of nitrogens with zero attached hydrogens (tertiary/aromatic N) is 2. The van der Waals surface area contributed by atoms with E-state index in [1.165, 1.54) is 6.42 Å². The summed E-state index contributed by atoms with van der Waals surface area (Å²) < 4.78 is 2.02. The van der Waals surface area contributed by atoms with Crippen LogP contribution < -0.4 is 0 Å². The van der Waals surface area contributed by atoms with Crippen LogP contribution in [0.3, 0.4) is 0 Å². The predicted molar refractivity (Wildman–Crippen MR) is 82.6 cm³/mol. The van der Waals surface area contributed by atoms with Gasteiger partial charge in [0.1, 0.15) is 0 Å². The lowest BCUT2D eigenvalue weighted by Gasteiger charge is -2.41. The quantitative estimate of drug-likeness (QED) is 0.909. The second-order valence-electron chi connectivity index (χ2n) is 7.64. The van der Waals surface area contributed by atoms with Gasteiger partial charge in [-0.25, -0.2) is 0 Å². The lowest BCUT2D eigenvalue weighted by atomic mass is 9.66. The lowest BCUT2D eigenvalue weighted by Crippen LogP contribution is -2.39. The Hall–Kier alpha value is -0.830. The van der Waals surface area contributed by atoms with Crippen molar-refractivity contribution in [2.45, 2.75) is 72.4 Å². The van der Waals surface area contributed by atoms with Crippen molar-refractivity contribution < 1.29 is 5.11 Å². The molecule has 1 aromatic rings. The number of hydrogen-bond donors (Lipinski definition) is 1. The van der Waals surface area contributed by atoms with Gasteiger partial charge in [-0.2, -0.15) is 5.10 Å². The lowest BCUT2D eigenvalue weighted by molar-refractivity contribution is -0.0129. The summed E-state index contributed by atoms with van der Waals surface area (Å²) in [6.45, 7) is 11.1. The molecule has 0 saturated heterocycles. The molecule has 3 nitrogen and oxygen atoms in total. The van der Waals surface area contributed by atoms with Crippen molar-refractivity contribution in [3.63, 3.8) is 0 Å². The van der Waals surface area contributed by atoms with Crippen LogP contribution >= 0.6 is 0 Å². The maximum atomic E-state index is 10.4. The van der Waals surface area contributed by atoms with E-state index in [4.69, 9.17) is 0 Å². The second-order valence-corrected chi connectivity index (χ2v) is 7.64. The summed E-state index contributed by atoms with van der Waals surface area (Å²) in [5.74, 6) is 1.06. The fourth-order valence-corrected chi connectivity index (χ4v) is 3.62. The molecule has 1 aliphatic rings. The molecule has 1 aliphatic carbocycles. The Kier molecular flexibility index (Phi) is 4.58. The third-order valence-electron chi connectivity index (χ3n) is 4.91. The molecule has 1 N–H and O–H groups in total. The summed E-state index contributed by atoms with van der Waals surface area (Å²) in [7, 11) is 0. The van der Waals surface area contributed by atoms with E-state index >= 15 is 0 Å². The van der Waals surface area contributed by atoms with Gasteiger partial charge in [0, 0.05) is 12.2 Å². The number of rotatable bonds is 4. The van der Waals surface area contributed by atoms with Crippen molar-refractivity contribution in [2.24, 2.45) is 17.3 Å². The first-order chi connectivity index (χ1) is 9.29. The van der Waals surface area contributed by atoms with Gasteiger partial charge in [0.25, 0.3) is 0 Å². The van der Waals surface area contributed by atoms with Crippen LogP contribution in [0.1, 0.15) is 65.6 Å². The van der Waals surface area contributed by atoms with E-state index in [-0.39, 0.29) is 11.5 Å². The van der Waals surface area contributed by atoms with Crippen LogP contribution in [0.2, 0.25) is 0 Å².